The zero-order chi connectivity index (χ0) is 23.1. The van der Waals surface area contributed by atoms with Crippen molar-refractivity contribution in [3.8, 4) is 16.9 Å². The van der Waals surface area contributed by atoms with Crippen molar-refractivity contribution in [3.05, 3.63) is 82.4 Å². The van der Waals surface area contributed by atoms with Crippen molar-refractivity contribution in [1.82, 2.24) is 29.7 Å². The maximum atomic E-state index is 6.01. The Morgan fingerprint density at radius 2 is 1.58 bits per heavy atom. The molecule has 1 N–H and O–H groups in total. The molecule has 8 heteroatoms. The number of nitrogens with one attached hydrogen (secondary N) is 1. The van der Waals surface area contributed by atoms with Crippen molar-refractivity contribution in [2.24, 2.45) is 0 Å². The summed E-state index contributed by atoms with van der Waals surface area (Å²) in [6.07, 6.45) is 3.66. The second-order valence-corrected chi connectivity index (χ2v) is 8.46. The fourth-order valence-corrected chi connectivity index (χ4v) is 3.83. The Hall–Kier alpha value is -3.84. The predicted octanol–water partition coefficient (Wildman–Crippen LogP) is 5.90. The molecular formula is C25H22ClN7. The average molecular weight is 456 g/mol. The molecule has 2 aromatic carbocycles. The first kappa shape index (κ1) is 21.0. The van der Waals surface area contributed by atoms with Gasteiger partial charge in [0.05, 0.1) is 28.3 Å². The summed E-state index contributed by atoms with van der Waals surface area (Å²) in [6.45, 7) is 8.11. The summed E-state index contributed by atoms with van der Waals surface area (Å²) in [5.41, 5.74) is 7.67. The third-order valence-corrected chi connectivity index (χ3v) is 5.90. The first-order valence-corrected chi connectivity index (χ1v) is 10.9. The molecule has 0 aliphatic carbocycles. The van der Waals surface area contributed by atoms with Crippen LogP contribution in [-0.2, 0) is 0 Å². The van der Waals surface area contributed by atoms with Crippen LogP contribution in [0.3, 0.4) is 0 Å². The smallest absolute Gasteiger partial charge is 0.230 e. The molecule has 0 spiro atoms. The minimum Gasteiger partial charge on any atom is -0.293 e. The van der Waals surface area contributed by atoms with E-state index in [9.17, 15) is 0 Å². The molecule has 0 aliphatic rings. The molecule has 0 saturated carbocycles. The largest absolute Gasteiger partial charge is 0.293 e. The third kappa shape index (κ3) is 4.15. The molecular weight excluding hydrogens is 434 g/mol. The van der Waals surface area contributed by atoms with Crippen molar-refractivity contribution < 1.29 is 0 Å². The van der Waals surface area contributed by atoms with Crippen LogP contribution in [0.5, 0.6) is 0 Å². The number of benzene rings is 2. The summed E-state index contributed by atoms with van der Waals surface area (Å²) in [4.78, 5) is 18.3. The fraction of sp³-hybridized carbons (Fsp3) is 0.160. The maximum Gasteiger partial charge on any atom is 0.230 e. The monoisotopic (exact) mass is 455 g/mol. The van der Waals surface area contributed by atoms with Gasteiger partial charge >= 0.3 is 0 Å². The Kier molecular flexibility index (Phi) is 5.26. The lowest BCUT2D eigenvalue weighted by molar-refractivity contribution is 0.863. The van der Waals surface area contributed by atoms with E-state index in [1.54, 1.807) is 6.20 Å². The molecule has 3 aromatic heterocycles. The molecule has 0 amide bonds. The number of rotatable bonds is 4. The Morgan fingerprint density at radius 3 is 2.36 bits per heavy atom. The van der Waals surface area contributed by atoms with Gasteiger partial charge in [0.1, 0.15) is 0 Å². The molecule has 0 bridgehead atoms. The summed E-state index contributed by atoms with van der Waals surface area (Å²) in [7, 11) is 0. The van der Waals surface area contributed by atoms with E-state index in [1.165, 1.54) is 11.1 Å². The number of aromatic nitrogens is 6. The lowest BCUT2D eigenvalue weighted by atomic mass is 10.1. The van der Waals surface area contributed by atoms with Crippen LogP contribution in [0.25, 0.3) is 27.8 Å². The van der Waals surface area contributed by atoms with E-state index < -0.39 is 0 Å². The average Bonchev–Trinajstić information content (AvgIpc) is 3.17. The van der Waals surface area contributed by atoms with E-state index >= 15 is 0 Å². The Bertz CT molecular complexity index is 1490. The van der Waals surface area contributed by atoms with Crippen molar-refractivity contribution in [2.75, 3.05) is 5.32 Å². The molecule has 164 valence electrons. The second kappa shape index (κ2) is 8.26. The van der Waals surface area contributed by atoms with Gasteiger partial charge in [0.2, 0.25) is 11.9 Å². The molecule has 0 atom stereocenters. The van der Waals surface area contributed by atoms with Gasteiger partial charge in [-0.2, -0.15) is 5.10 Å². The van der Waals surface area contributed by atoms with Crippen LogP contribution in [0.4, 0.5) is 11.9 Å². The van der Waals surface area contributed by atoms with Gasteiger partial charge in [-0.1, -0.05) is 11.6 Å². The Labute approximate surface area is 196 Å². The fourth-order valence-electron chi connectivity index (χ4n) is 3.70. The number of halogens is 1. The molecule has 7 nitrogen and oxygen atoms in total. The van der Waals surface area contributed by atoms with Crippen molar-refractivity contribution in [3.63, 3.8) is 0 Å². The quantitative estimate of drug-likeness (QED) is 0.363. The minimum atomic E-state index is 0.425. The Morgan fingerprint density at radius 1 is 0.818 bits per heavy atom. The van der Waals surface area contributed by atoms with Gasteiger partial charge in [0.15, 0.2) is 0 Å². The SMILES string of the molecule is Cc1cc2nc(Nc3nccc(-c4cn(-c5ccc(Cl)cc5)nc4C)n3)nc(C)c2cc1C. The van der Waals surface area contributed by atoms with Gasteiger partial charge in [0, 0.05) is 28.4 Å². The van der Waals surface area contributed by atoms with Gasteiger partial charge in [-0.25, -0.2) is 24.6 Å². The van der Waals surface area contributed by atoms with E-state index in [0.717, 1.165) is 39.2 Å². The van der Waals surface area contributed by atoms with Crippen LogP contribution >= 0.6 is 11.6 Å². The van der Waals surface area contributed by atoms with Gasteiger partial charge in [-0.05, 0) is 81.3 Å². The first-order chi connectivity index (χ1) is 15.9. The molecule has 0 fully saturated rings. The summed E-state index contributed by atoms with van der Waals surface area (Å²) >= 11 is 6.01. The highest BCUT2D eigenvalue weighted by atomic mass is 35.5. The lowest BCUT2D eigenvalue weighted by Gasteiger charge is -2.09. The molecule has 3 heterocycles. The number of aryl methyl sites for hydroxylation is 4. The van der Waals surface area contributed by atoms with Gasteiger partial charge in [-0.3, -0.25) is 5.32 Å². The second-order valence-electron chi connectivity index (χ2n) is 8.03. The topological polar surface area (TPSA) is 81.4 Å². The number of hydrogen-bond acceptors (Lipinski definition) is 6. The van der Waals surface area contributed by atoms with E-state index in [-0.39, 0.29) is 0 Å². The number of fused-ring (bicyclic) bond motifs is 1. The van der Waals surface area contributed by atoms with Gasteiger partial charge < -0.3 is 0 Å². The van der Waals surface area contributed by atoms with Crippen molar-refractivity contribution in [2.45, 2.75) is 27.7 Å². The first-order valence-electron chi connectivity index (χ1n) is 10.6. The highest BCUT2D eigenvalue weighted by Crippen LogP contribution is 2.25. The van der Waals surface area contributed by atoms with Crippen LogP contribution in [0.1, 0.15) is 22.5 Å². The number of anilines is 2. The zero-order valence-electron chi connectivity index (χ0n) is 18.8. The lowest BCUT2D eigenvalue weighted by Crippen LogP contribution is -2.03. The molecule has 0 saturated heterocycles. The van der Waals surface area contributed by atoms with Gasteiger partial charge in [-0.15, -0.1) is 0 Å². The van der Waals surface area contributed by atoms with Crippen LogP contribution in [-0.4, -0.2) is 29.7 Å². The van der Waals surface area contributed by atoms with Crippen LogP contribution in [0.2, 0.25) is 5.02 Å². The van der Waals surface area contributed by atoms with Crippen LogP contribution < -0.4 is 5.32 Å². The summed E-state index contributed by atoms with van der Waals surface area (Å²) in [5, 5.41) is 9.52. The highest BCUT2D eigenvalue weighted by molar-refractivity contribution is 6.30. The molecule has 0 aliphatic heterocycles. The number of nitrogens with zero attached hydrogens (tertiary/aromatic N) is 6. The normalized spacial score (nSPS) is 11.2. The summed E-state index contributed by atoms with van der Waals surface area (Å²) in [5.74, 6) is 0.891. The minimum absolute atomic E-state index is 0.425. The molecule has 33 heavy (non-hydrogen) atoms. The van der Waals surface area contributed by atoms with E-state index in [0.29, 0.717) is 16.9 Å². The predicted molar refractivity (Wildman–Crippen MR) is 131 cm³/mol. The third-order valence-electron chi connectivity index (χ3n) is 5.65. The van der Waals surface area contributed by atoms with Crippen LogP contribution in [0.15, 0.2) is 54.9 Å². The molecule has 5 aromatic rings. The van der Waals surface area contributed by atoms with Crippen molar-refractivity contribution >= 4 is 34.4 Å². The Balaban J connectivity index is 1.47. The zero-order valence-corrected chi connectivity index (χ0v) is 19.5. The molecule has 0 unspecified atom stereocenters. The van der Waals surface area contributed by atoms with E-state index in [4.69, 9.17) is 11.6 Å². The highest BCUT2D eigenvalue weighted by Gasteiger charge is 2.13. The summed E-state index contributed by atoms with van der Waals surface area (Å²) < 4.78 is 1.82. The molecule has 5 rings (SSSR count). The van der Waals surface area contributed by atoms with E-state index in [2.05, 4.69) is 56.3 Å². The number of hydrogen-bond donors (Lipinski definition) is 1. The molecule has 0 radical (unpaired) electrons. The maximum absolute atomic E-state index is 6.01. The van der Waals surface area contributed by atoms with Crippen LogP contribution in [0, 0.1) is 27.7 Å². The summed E-state index contributed by atoms with van der Waals surface area (Å²) in [6, 6.07) is 13.6. The van der Waals surface area contributed by atoms with Gasteiger partial charge in [0.25, 0.3) is 0 Å². The standard InChI is InChI=1S/C25H22ClN7/c1-14-11-20-16(3)28-25(30-23(20)12-15(14)2)31-24-27-10-9-22(29-24)21-13-33(32-17(21)4)19-7-5-18(26)6-8-19/h5-13H,1-4H3,(H,27,28,29,30,31). The van der Waals surface area contributed by atoms with E-state index in [1.807, 2.05) is 55.1 Å². The van der Waals surface area contributed by atoms with Crippen molar-refractivity contribution in [1.29, 1.82) is 0 Å².